The molecule has 0 N–H and O–H groups in total. The molecule has 0 spiro atoms. The van der Waals surface area contributed by atoms with Gasteiger partial charge >= 0.3 is 0 Å². The van der Waals surface area contributed by atoms with Crippen molar-refractivity contribution >= 4 is 113 Å². The molecule has 2 aliphatic rings. The minimum Gasteiger partial charge on any atom is -0.310 e. The lowest BCUT2D eigenvalue weighted by Crippen LogP contribution is -2.58. The summed E-state index contributed by atoms with van der Waals surface area (Å²) in [6, 6.07) is 105. The largest absolute Gasteiger partial charge is 0.310 e. The average molecular weight is 1020 g/mol. The Kier molecular flexibility index (Phi) is 11.2. The molecule has 0 saturated carbocycles. The maximum Gasteiger partial charge on any atom is 0.247 e. The van der Waals surface area contributed by atoms with E-state index in [1.807, 2.05) is 23.5 Å². The molecule has 360 valence electrons. The smallest absolute Gasteiger partial charge is 0.247 e. The normalized spacial score (nSPS) is 12.3. The minimum absolute atomic E-state index is 0.0384. The van der Waals surface area contributed by atoms with Gasteiger partial charge in [0.05, 0.1) is 0 Å². The molecule has 2 nitrogen and oxygen atoms in total. The molecule has 0 radical (unpaired) electrons. The number of nitrogens with zero attached hydrogens (tertiary/aromatic N) is 2. The summed E-state index contributed by atoms with van der Waals surface area (Å²) in [6.07, 6.45) is 0. The van der Waals surface area contributed by atoms with Gasteiger partial charge in [-0.1, -0.05) is 235 Å². The van der Waals surface area contributed by atoms with Crippen LogP contribution >= 0.6 is 23.5 Å². The molecule has 2 aliphatic heterocycles. The van der Waals surface area contributed by atoms with Gasteiger partial charge in [-0.25, -0.2) is 0 Å². The molecule has 77 heavy (non-hydrogen) atoms. The lowest BCUT2D eigenvalue weighted by molar-refractivity contribution is 1.25. The summed E-state index contributed by atoms with van der Waals surface area (Å²) in [5.74, 6) is 0. The molecule has 0 atom stereocenters. The van der Waals surface area contributed by atoms with E-state index in [2.05, 4.69) is 295 Å². The highest BCUT2D eigenvalue weighted by molar-refractivity contribution is 8.01. The van der Waals surface area contributed by atoms with Gasteiger partial charge in [0.2, 0.25) is 6.71 Å². The number of hydrogen-bond donors (Lipinski definition) is 0. The van der Waals surface area contributed by atoms with Crippen molar-refractivity contribution in [2.45, 2.75) is 19.6 Å². The Hall–Kier alpha value is -9.00. The standard InChI is InChI=1S/C72H47BN2S2/c1-6-22-48(23-7-1)56-40-41-63(58-33-17-16-32-57(56)58)71-61-36-20-18-34-59(61)70(60-35-19-21-37-62(60)71)49-44-68-72-69(45-49)77-67-47-55(75(52-28-12-4-13-29-52)53-30-14-5-15-31-53)39-43-65(67)73(72)64-42-38-54(46-66(64)76-68)74(50-24-8-2-9-25-50)51-26-10-3-11-27-51/h1-47H. The molecule has 0 aliphatic carbocycles. The first-order valence-corrected chi connectivity index (χ1v) is 28.0. The van der Waals surface area contributed by atoms with E-state index in [1.165, 1.54) is 102 Å². The van der Waals surface area contributed by atoms with Gasteiger partial charge in [0.1, 0.15) is 0 Å². The van der Waals surface area contributed by atoms with E-state index in [9.17, 15) is 0 Å². The minimum atomic E-state index is 0.0384. The van der Waals surface area contributed by atoms with Crippen molar-refractivity contribution in [1.82, 2.24) is 0 Å². The van der Waals surface area contributed by atoms with Crippen LogP contribution in [0.25, 0.3) is 65.7 Å². The van der Waals surface area contributed by atoms with Gasteiger partial charge in [0, 0.05) is 53.7 Å². The topological polar surface area (TPSA) is 6.48 Å². The molecule has 0 bridgehead atoms. The fourth-order valence-corrected chi connectivity index (χ4v) is 14.8. The molecule has 13 aromatic carbocycles. The highest BCUT2D eigenvalue weighted by Gasteiger charge is 2.39. The molecular weight excluding hydrogens is 968 g/mol. The highest BCUT2D eigenvalue weighted by atomic mass is 32.2. The summed E-state index contributed by atoms with van der Waals surface area (Å²) in [7, 11) is 0. The van der Waals surface area contributed by atoms with Crippen LogP contribution in [0.15, 0.2) is 305 Å². The first-order chi connectivity index (χ1) is 38.2. The van der Waals surface area contributed by atoms with Crippen LogP contribution in [0.3, 0.4) is 0 Å². The zero-order chi connectivity index (χ0) is 50.8. The predicted octanol–water partition coefficient (Wildman–Crippen LogP) is 18.5. The van der Waals surface area contributed by atoms with Crippen LogP contribution in [0, 0.1) is 0 Å². The van der Waals surface area contributed by atoms with Crippen molar-refractivity contribution in [2.75, 3.05) is 9.80 Å². The van der Waals surface area contributed by atoms with Crippen LogP contribution in [0.5, 0.6) is 0 Å². The molecule has 0 aromatic heterocycles. The molecule has 0 unspecified atom stereocenters. The van der Waals surface area contributed by atoms with E-state index >= 15 is 0 Å². The lowest BCUT2D eigenvalue weighted by Gasteiger charge is -2.35. The van der Waals surface area contributed by atoms with Crippen molar-refractivity contribution in [3.63, 3.8) is 0 Å². The number of rotatable bonds is 9. The van der Waals surface area contributed by atoms with Crippen LogP contribution in [0.4, 0.5) is 34.1 Å². The van der Waals surface area contributed by atoms with Crippen LogP contribution in [0.2, 0.25) is 0 Å². The first kappa shape index (κ1) is 45.4. The Morgan fingerprint density at radius 2 is 0.597 bits per heavy atom. The summed E-state index contributed by atoms with van der Waals surface area (Å²) in [5, 5.41) is 7.49. The summed E-state index contributed by atoms with van der Waals surface area (Å²) in [4.78, 5) is 9.91. The lowest BCUT2D eigenvalue weighted by atomic mass is 9.36. The third kappa shape index (κ3) is 7.76. The van der Waals surface area contributed by atoms with Crippen molar-refractivity contribution in [3.05, 3.63) is 285 Å². The zero-order valence-corrected chi connectivity index (χ0v) is 43.6. The summed E-state index contributed by atoms with van der Waals surface area (Å²) in [6.45, 7) is 0.0384. The van der Waals surface area contributed by atoms with Crippen molar-refractivity contribution in [2.24, 2.45) is 0 Å². The Balaban J connectivity index is 0.949. The van der Waals surface area contributed by atoms with Gasteiger partial charge in [-0.05, 0) is 156 Å². The summed E-state index contributed by atoms with van der Waals surface area (Å²) < 4.78 is 0. The van der Waals surface area contributed by atoms with Gasteiger partial charge in [-0.3, -0.25) is 0 Å². The number of fused-ring (bicyclic) bond motifs is 7. The molecule has 0 saturated heterocycles. The number of hydrogen-bond acceptors (Lipinski definition) is 4. The average Bonchev–Trinajstić information content (AvgIpc) is 3.61. The fraction of sp³-hybridized carbons (Fsp3) is 0. The van der Waals surface area contributed by atoms with Gasteiger partial charge in [0.15, 0.2) is 0 Å². The van der Waals surface area contributed by atoms with Crippen molar-refractivity contribution < 1.29 is 0 Å². The van der Waals surface area contributed by atoms with E-state index < -0.39 is 0 Å². The van der Waals surface area contributed by atoms with Crippen LogP contribution < -0.4 is 26.2 Å². The second-order valence-corrected chi connectivity index (χ2v) is 22.1. The van der Waals surface area contributed by atoms with Gasteiger partial charge in [-0.2, -0.15) is 0 Å². The molecule has 5 heteroatoms. The SMILES string of the molecule is c1ccc(-c2ccc(-c3c4ccccc4c(-c4cc5c6c(c4)Sc4cc(N(c7ccccc7)c7ccccc7)ccc4B6c4ccc(N(c6ccccc6)c6ccccc6)cc4S5)c4ccccc34)c3ccccc23)cc1. The van der Waals surface area contributed by atoms with Gasteiger partial charge in [-0.15, -0.1) is 0 Å². The van der Waals surface area contributed by atoms with Crippen LogP contribution in [-0.4, -0.2) is 6.71 Å². The molecule has 13 aromatic rings. The van der Waals surface area contributed by atoms with Gasteiger partial charge in [0.25, 0.3) is 0 Å². The molecule has 2 heterocycles. The van der Waals surface area contributed by atoms with E-state index in [0.717, 1.165) is 34.1 Å². The highest BCUT2D eigenvalue weighted by Crippen LogP contribution is 2.50. The Morgan fingerprint density at radius 3 is 1.03 bits per heavy atom. The van der Waals surface area contributed by atoms with Gasteiger partial charge < -0.3 is 9.80 Å². The summed E-state index contributed by atoms with van der Waals surface area (Å²) >= 11 is 3.84. The Labute approximate surface area is 458 Å². The van der Waals surface area contributed by atoms with E-state index in [0.29, 0.717) is 0 Å². The number of anilines is 6. The van der Waals surface area contributed by atoms with E-state index in [1.54, 1.807) is 0 Å². The molecule has 0 amide bonds. The third-order valence-corrected chi connectivity index (χ3v) is 17.8. The van der Waals surface area contributed by atoms with E-state index in [-0.39, 0.29) is 6.71 Å². The molecular formula is C72H47BN2S2. The third-order valence-electron chi connectivity index (χ3n) is 15.5. The fourth-order valence-electron chi connectivity index (χ4n) is 12.2. The number of para-hydroxylation sites is 4. The zero-order valence-electron chi connectivity index (χ0n) is 41.9. The van der Waals surface area contributed by atoms with Crippen LogP contribution in [-0.2, 0) is 0 Å². The summed E-state index contributed by atoms with van der Waals surface area (Å²) in [5.41, 5.74) is 18.3. The second-order valence-electron chi connectivity index (χ2n) is 19.9. The van der Waals surface area contributed by atoms with Crippen LogP contribution in [0.1, 0.15) is 0 Å². The molecule has 15 rings (SSSR count). The quantitative estimate of drug-likeness (QED) is 0.105. The number of benzene rings is 13. The maximum absolute atomic E-state index is 2.52. The maximum atomic E-state index is 2.52. The van der Waals surface area contributed by atoms with Crippen molar-refractivity contribution in [1.29, 1.82) is 0 Å². The monoisotopic (exact) mass is 1010 g/mol. The Bertz CT molecular complexity index is 4110. The molecule has 0 fully saturated rings. The Morgan fingerprint density at radius 1 is 0.247 bits per heavy atom. The first-order valence-electron chi connectivity index (χ1n) is 26.4. The predicted molar refractivity (Wildman–Crippen MR) is 330 cm³/mol. The van der Waals surface area contributed by atoms with E-state index in [4.69, 9.17) is 0 Å². The van der Waals surface area contributed by atoms with Crippen molar-refractivity contribution in [3.8, 4) is 33.4 Å². The second kappa shape index (κ2) is 19.0.